The number of aryl methyl sites for hydroxylation is 2. The SMILES string of the molecule is Cc1ccc(-c2ccc(CC(N)Cc3ccccc3O)c(C)c2)cc1. The number of hydrogen-bond donors (Lipinski definition) is 2. The topological polar surface area (TPSA) is 46.2 Å². The minimum absolute atomic E-state index is 0.0165. The molecule has 128 valence electrons. The molecular formula is C23H25NO. The monoisotopic (exact) mass is 331 g/mol. The predicted octanol–water partition coefficient (Wildman–Crippen LogP) is 4.79. The summed E-state index contributed by atoms with van der Waals surface area (Å²) in [7, 11) is 0. The molecule has 2 heteroatoms. The number of benzene rings is 3. The summed E-state index contributed by atoms with van der Waals surface area (Å²) in [6.07, 6.45) is 1.47. The zero-order valence-corrected chi connectivity index (χ0v) is 14.9. The average Bonchev–Trinajstić information content (AvgIpc) is 2.59. The first-order valence-corrected chi connectivity index (χ1v) is 8.72. The van der Waals surface area contributed by atoms with Gasteiger partial charge in [0, 0.05) is 6.04 Å². The summed E-state index contributed by atoms with van der Waals surface area (Å²) in [4.78, 5) is 0. The molecule has 25 heavy (non-hydrogen) atoms. The van der Waals surface area contributed by atoms with E-state index in [1.165, 1.54) is 27.8 Å². The van der Waals surface area contributed by atoms with Crippen LogP contribution in [0.1, 0.15) is 22.3 Å². The Balaban J connectivity index is 1.73. The van der Waals surface area contributed by atoms with E-state index in [4.69, 9.17) is 5.73 Å². The zero-order chi connectivity index (χ0) is 17.8. The Labute approximate surface area is 150 Å². The Hall–Kier alpha value is -2.58. The zero-order valence-electron chi connectivity index (χ0n) is 14.9. The summed E-state index contributed by atoms with van der Waals surface area (Å²) in [5.41, 5.74) is 13.5. The quantitative estimate of drug-likeness (QED) is 0.706. The minimum atomic E-state index is -0.0165. The summed E-state index contributed by atoms with van der Waals surface area (Å²) < 4.78 is 0. The van der Waals surface area contributed by atoms with E-state index < -0.39 is 0 Å². The van der Waals surface area contributed by atoms with Crippen molar-refractivity contribution in [3.63, 3.8) is 0 Å². The van der Waals surface area contributed by atoms with Gasteiger partial charge in [0.15, 0.2) is 0 Å². The van der Waals surface area contributed by atoms with Crippen LogP contribution in [0.5, 0.6) is 5.75 Å². The number of hydrogen-bond acceptors (Lipinski definition) is 2. The molecule has 0 amide bonds. The maximum absolute atomic E-state index is 9.91. The summed E-state index contributed by atoms with van der Waals surface area (Å²) >= 11 is 0. The molecule has 0 aliphatic carbocycles. The molecule has 0 fully saturated rings. The van der Waals surface area contributed by atoms with Gasteiger partial charge in [0.25, 0.3) is 0 Å². The van der Waals surface area contributed by atoms with Crippen molar-refractivity contribution in [2.45, 2.75) is 32.7 Å². The highest BCUT2D eigenvalue weighted by atomic mass is 16.3. The van der Waals surface area contributed by atoms with E-state index in [-0.39, 0.29) is 6.04 Å². The molecule has 0 spiro atoms. The Morgan fingerprint density at radius 1 is 0.800 bits per heavy atom. The van der Waals surface area contributed by atoms with Crippen molar-refractivity contribution in [3.05, 3.63) is 89.0 Å². The van der Waals surface area contributed by atoms with Gasteiger partial charge in [-0.2, -0.15) is 0 Å². The molecule has 0 bridgehead atoms. The molecule has 1 atom stereocenters. The van der Waals surface area contributed by atoms with Gasteiger partial charge in [-0.3, -0.25) is 0 Å². The van der Waals surface area contributed by atoms with Gasteiger partial charge in [0.1, 0.15) is 5.75 Å². The lowest BCUT2D eigenvalue weighted by atomic mass is 9.94. The van der Waals surface area contributed by atoms with Crippen LogP contribution < -0.4 is 5.73 Å². The molecule has 3 aromatic rings. The van der Waals surface area contributed by atoms with E-state index in [1.807, 2.05) is 18.2 Å². The first-order chi connectivity index (χ1) is 12.0. The molecule has 0 radical (unpaired) electrons. The smallest absolute Gasteiger partial charge is 0.118 e. The number of para-hydroxylation sites is 1. The van der Waals surface area contributed by atoms with E-state index >= 15 is 0 Å². The summed E-state index contributed by atoms with van der Waals surface area (Å²) in [5.74, 6) is 0.324. The molecule has 1 unspecified atom stereocenters. The van der Waals surface area contributed by atoms with Crippen molar-refractivity contribution in [2.24, 2.45) is 5.73 Å². The third kappa shape index (κ3) is 4.28. The average molecular weight is 331 g/mol. The van der Waals surface area contributed by atoms with Gasteiger partial charge < -0.3 is 10.8 Å². The van der Waals surface area contributed by atoms with Crippen LogP contribution in [0, 0.1) is 13.8 Å². The van der Waals surface area contributed by atoms with Crippen LogP contribution in [0.2, 0.25) is 0 Å². The van der Waals surface area contributed by atoms with Crippen LogP contribution in [0.3, 0.4) is 0 Å². The lowest BCUT2D eigenvalue weighted by Crippen LogP contribution is -2.25. The lowest BCUT2D eigenvalue weighted by Gasteiger charge is -2.15. The van der Waals surface area contributed by atoms with Gasteiger partial charge in [-0.1, -0.05) is 66.2 Å². The summed E-state index contributed by atoms with van der Waals surface area (Å²) in [6.45, 7) is 4.24. The van der Waals surface area contributed by atoms with Crippen LogP contribution in [0.4, 0.5) is 0 Å². The first kappa shape index (κ1) is 17.2. The van der Waals surface area contributed by atoms with E-state index in [2.05, 4.69) is 56.3 Å². The normalized spacial score (nSPS) is 12.1. The second-order valence-corrected chi connectivity index (χ2v) is 6.80. The number of nitrogens with two attached hydrogens (primary N) is 1. The third-order valence-electron chi connectivity index (χ3n) is 4.68. The third-order valence-corrected chi connectivity index (χ3v) is 4.68. The second-order valence-electron chi connectivity index (χ2n) is 6.80. The minimum Gasteiger partial charge on any atom is -0.508 e. The van der Waals surface area contributed by atoms with Crippen LogP contribution in [0.25, 0.3) is 11.1 Å². The van der Waals surface area contributed by atoms with Crippen molar-refractivity contribution in [1.29, 1.82) is 0 Å². The molecule has 0 saturated heterocycles. The largest absolute Gasteiger partial charge is 0.508 e. The maximum atomic E-state index is 9.91. The van der Waals surface area contributed by atoms with Gasteiger partial charge in [-0.25, -0.2) is 0 Å². The molecule has 3 rings (SSSR count). The maximum Gasteiger partial charge on any atom is 0.118 e. The Kier molecular flexibility index (Phi) is 5.20. The molecule has 3 aromatic carbocycles. The highest BCUT2D eigenvalue weighted by Gasteiger charge is 2.10. The van der Waals surface area contributed by atoms with Crippen molar-refractivity contribution >= 4 is 0 Å². The second kappa shape index (κ2) is 7.54. The number of rotatable bonds is 5. The first-order valence-electron chi connectivity index (χ1n) is 8.72. The fourth-order valence-electron chi connectivity index (χ4n) is 3.17. The highest BCUT2D eigenvalue weighted by Crippen LogP contribution is 2.24. The van der Waals surface area contributed by atoms with E-state index in [9.17, 15) is 5.11 Å². The van der Waals surface area contributed by atoms with E-state index in [0.29, 0.717) is 12.2 Å². The summed E-state index contributed by atoms with van der Waals surface area (Å²) in [6, 6.07) is 22.6. The Morgan fingerprint density at radius 3 is 2.12 bits per heavy atom. The fourth-order valence-corrected chi connectivity index (χ4v) is 3.17. The van der Waals surface area contributed by atoms with Gasteiger partial charge >= 0.3 is 0 Å². The summed E-state index contributed by atoms with van der Waals surface area (Å²) in [5, 5.41) is 9.91. The van der Waals surface area contributed by atoms with E-state index in [1.54, 1.807) is 6.07 Å². The van der Waals surface area contributed by atoms with Crippen LogP contribution >= 0.6 is 0 Å². The van der Waals surface area contributed by atoms with Crippen molar-refractivity contribution < 1.29 is 5.11 Å². The molecule has 0 heterocycles. The van der Waals surface area contributed by atoms with Gasteiger partial charge in [-0.05, 0) is 60.6 Å². The molecule has 0 saturated carbocycles. The molecule has 0 aromatic heterocycles. The highest BCUT2D eigenvalue weighted by molar-refractivity contribution is 5.65. The molecule has 0 aliphatic rings. The molecule has 3 N–H and O–H groups in total. The van der Waals surface area contributed by atoms with Crippen LogP contribution in [-0.4, -0.2) is 11.1 Å². The van der Waals surface area contributed by atoms with E-state index in [0.717, 1.165) is 12.0 Å². The fraction of sp³-hybridized carbons (Fsp3) is 0.217. The van der Waals surface area contributed by atoms with Gasteiger partial charge in [0.05, 0.1) is 0 Å². The van der Waals surface area contributed by atoms with Crippen LogP contribution in [0.15, 0.2) is 66.7 Å². The molecular weight excluding hydrogens is 306 g/mol. The van der Waals surface area contributed by atoms with Crippen molar-refractivity contribution in [1.82, 2.24) is 0 Å². The molecule has 0 aliphatic heterocycles. The number of phenolic OH excluding ortho intramolecular Hbond substituents is 1. The number of phenols is 1. The van der Waals surface area contributed by atoms with Gasteiger partial charge in [0.2, 0.25) is 0 Å². The Morgan fingerprint density at radius 2 is 1.44 bits per heavy atom. The lowest BCUT2D eigenvalue weighted by molar-refractivity contribution is 0.464. The van der Waals surface area contributed by atoms with Crippen molar-refractivity contribution in [2.75, 3.05) is 0 Å². The Bertz CT molecular complexity index is 852. The number of aromatic hydroxyl groups is 1. The van der Waals surface area contributed by atoms with Crippen LogP contribution in [-0.2, 0) is 12.8 Å². The van der Waals surface area contributed by atoms with Gasteiger partial charge in [-0.15, -0.1) is 0 Å². The molecule has 2 nitrogen and oxygen atoms in total. The van der Waals surface area contributed by atoms with Crippen molar-refractivity contribution in [3.8, 4) is 16.9 Å². The standard InChI is InChI=1S/C23H25NO/c1-16-7-9-18(10-8-16)20-12-11-19(17(2)13-20)14-22(24)15-21-5-3-4-6-23(21)25/h3-13,22,25H,14-15,24H2,1-2H3. The predicted molar refractivity (Wildman–Crippen MR) is 105 cm³/mol.